The first-order valence-corrected chi connectivity index (χ1v) is 2.57. The highest BCUT2D eigenvalue weighted by Gasteiger charge is 2.49. The summed E-state index contributed by atoms with van der Waals surface area (Å²) < 4.78 is 0. The molecule has 0 aromatic carbocycles. The third-order valence-electron chi connectivity index (χ3n) is 1.28. The summed E-state index contributed by atoms with van der Waals surface area (Å²) >= 11 is 0. The fourth-order valence-corrected chi connectivity index (χ4v) is 0.790. The lowest BCUT2D eigenvalue weighted by atomic mass is 10.9. The molecule has 0 radical (unpaired) electrons. The molecule has 2 heterocycles. The number of rotatable bonds is 1. The van der Waals surface area contributed by atoms with Crippen LogP contribution < -0.4 is 0 Å². The molecule has 0 saturated carbocycles. The molecule has 0 aromatic rings. The quantitative estimate of drug-likeness (QED) is 0.429. The normalized spacial score (nSPS) is 43.3. The molecular formula is C3H6N3O3-. The van der Waals surface area contributed by atoms with Crippen molar-refractivity contribution in [2.75, 3.05) is 13.7 Å². The highest BCUT2D eigenvalue weighted by atomic mass is 17.1. The first-order chi connectivity index (χ1) is 4.33. The zero-order valence-corrected chi connectivity index (χ0v) is 4.85. The largest absolute Gasteiger partial charge is 0.745 e. The SMILES string of the molecule is CON1N([O-])OC2CN21. The van der Waals surface area contributed by atoms with Gasteiger partial charge in [0.1, 0.15) is 0 Å². The van der Waals surface area contributed by atoms with Gasteiger partial charge in [0.05, 0.1) is 13.7 Å². The highest BCUT2D eigenvalue weighted by molar-refractivity contribution is 4.78. The average Bonchev–Trinajstić information content (AvgIpc) is 2.45. The number of hydrogen-bond donors (Lipinski definition) is 0. The first kappa shape index (κ1) is 5.54. The van der Waals surface area contributed by atoms with Crippen molar-refractivity contribution in [2.24, 2.45) is 0 Å². The Labute approximate surface area is 51.6 Å². The second-order valence-corrected chi connectivity index (χ2v) is 1.86. The van der Waals surface area contributed by atoms with Crippen molar-refractivity contribution in [3.8, 4) is 0 Å². The van der Waals surface area contributed by atoms with E-state index in [1.165, 1.54) is 7.11 Å². The molecule has 0 aromatic heterocycles. The maximum absolute atomic E-state index is 10.5. The van der Waals surface area contributed by atoms with Crippen LogP contribution >= 0.6 is 0 Å². The van der Waals surface area contributed by atoms with E-state index in [1.807, 2.05) is 0 Å². The second-order valence-electron chi connectivity index (χ2n) is 1.86. The van der Waals surface area contributed by atoms with Gasteiger partial charge in [-0.15, -0.1) is 5.34 Å². The van der Waals surface area contributed by atoms with E-state index in [2.05, 4.69) is 9.68 Å². The van der Waals surface area contributed by atoms with E-state index in [0.717, 1.165) is 11.8 Å². The van der Waals surface area contributed by atoms with Crippen molar-refractivity contribution in [2.45, 2.75) is 6.23 Å². The molecule has 52 valence electrons. The lowest BCUT2D eigenvalue weighted by molar-refractivity contribution is -0.376. The highest BCUT2D eigenvalue weighted by Crippen LogP contribution is 2.30. The molecule has 2 unspecified atom stereocenters. The van der Waals surface area contributed by atoms with Crippen molar-refractivity contribution in [1.82, 2.24) is 15.6 Å². The Hall–Kier alpha value is -0.240. The molecule has 0 aliphatic carbocycles. The van der Waals surface area contributed by atoms with E-state index in [1.54, 1.807) is 5.01 Å². The van der Waals surface area contributed by atoms with Gasteiger partial charge in [-0.2, -0.15) is 5.01 Å². The Morgan fingerprint density at radius 1 is 1.78 bits per heavy atom. The third kappa shape index (κ3) is 0.659. The molecule has 0 spiro atoms. The van der Waals surface area contributed by atoms with Crippen LogP contribution in [0.25, 0.3) is 0 Å². The number of hydrogen-bond acceptors (Lipinski definition) is 6. The molecule has 6 heteroatoms. The van der Waals surface area contributed by atoms with Crippen LogP contribution in [0.2, 0.25) is 0 Å². The molecular weight excluding hydrogens is 126 g/mol. The summed E-state index contributed by atoms with van der Waals surface area (Å²) in [5.41, 5.74) is 0. The summed E-state index contributed by atoms with van der Waals surface area (Å²) in [7, 11) is 1.41. The Balaban J connectivity index is 2.02. The lowest BCUT2D eigenvalue weighted by Gasteiger charge is -2.28. The predicted octanol–water partition coefficient (Wildman–Crippen LogP) is -0.933. The standard InChI is InChI=1S/C3H6N3O3/c1-8-5-4-2-3(4)9-6(5)7/h3H,2H2,1H3/q-1. The van der Waals surface area contributed by atoms with Crippen LogP contribution in [0.5, 0.6) is 0 Å². The van der Waals surface area contributed by atoms with Gasteiger partial charge in [0.15, 0.2) is 6.23 Å². The van der Waals surface area contributed by atoms with Crippen LogP contribution in [0.15, 0.2) is 0 Å². The van der Waals surface area contributed by atoms with E-state index in [4.69, 9.17) is 0 Å². The molecule has 2 fully saturated rings. The van der Waals surface area contributed by atoms with E-state index in [0.29, 0.717) is 5.34 Å². The Bertz CT molecular complexity index is 129. The second kappa shape index (κ2) is 1.63. The zero-order chi connectivity index (χ0) is 6.43. The molecule has 2 atom stereocenters. The van der Waals surface area contributed by atoms with Crippen LogP contribution in [-0.2, 0) is 9.68 Å². The van der Waals surface area contributed by atoms with Crippen LogP contribution in [0, 0.1) is 5.21 Å². The van der Waals surface area contributed by atoms with Gasteiger partial charge in [-0.1, -0.05) is 0 Å². The summed E-state index contributed by atoms with van der Waals surface area (Å²) in [5, 5.41) is 13.5. The van der Waals surface area contributed by atoms with Crippen molar-refractivity contribution in [3.05, 3.63) is 5.21 Å². The van der Waals surface area contributed by atoms with Gasteiger partial charge in [0.2, 0.25) is 0 Å². The molecule has 2 rings (SSSR count). The molecule has 2 aliphatic rings. The third-order valence-corrected chi connectivity index (χ3v) is 1.28. The average molecular weight is 132 g/mol. The summed E-state index contributed by atoms with van der Waals surface area (Å²) in [6.07, 6.45) is -0.0811. The number of hydrazine groups is 2. The molecule has 9 heavy (non-hydrogen) atoms. The Kier molecular flexibility index (Phi) is 1.00. The van der Waals surface area contributed by atoms with Crippen LogP contribution in [0.1, 0.15) is 0 Å². The van der Waals surface area contributed by atoms with Gasteiger partial charge in [-0.3, -0.25) is 9.68 Å². The minimum Gasteiger partial charge on any atom is -0.745 e. The summed E-state index contributed by atoms with van der Waals surface area (Å²) in [4.78, 5) is 9.27. The van der Waals surface area contributed by atoms with Gasteiger partial charge < -0.3 is 5.21 Å². The topological polar surface area (TPSA) is 51.0 Å². The molecule has 6 nitrogen and oxygen atoms in total. The van der Waals surface area contributed by atoms with Gasteiger partial charge in [0, 0.05) is 0 Å². The van der Waals surface area contributed by atoms with E-state index >= 15 is 0 Å². The van der Waals surface area contributed by atoms with E-state index < -0.39 is 0 Å². The maximum Gasteiger partial charge on any atom is 0.163 e. The zero-order valence-electron chi connectivity index (χ0n) is 4.85. The minimum atomic E-state index is -0.0811. The fraction of sp³-hybridized carbons (Fsp3) is 1.00. The smallest absolute Gasteiger partial charge is 0.163 e. The Morgan fingerprint density at radius 2 is 2.56 bits per heavy atom. The molecule has 0 N–H and O–H groups in total. The van der Waals surface area contributed by atoms with Crippen LogP contribution in [0.3, 0.4) is 0 Å². The van der Waals surface area contributed by atoms with Gasteiger partial charge in [-0.05, 0) is 5.28 Å². The van der Waals surface area contributed by atoms with Crippen molar-refractivity contribution < 1.29 is 9.68 Å². The summed E-state index contributed by atoms with van der Waals surface area (Å²) in [6.45, 7) is 0.743. The Morgan fingerprint density at radius 3 is 2.89 bits per heavy atom. The molecule has 0 amide bonds. The summed E-state index contributed by atoms with van der Waals surface area (Å²) in [5.74, 6) is 0. The van der Waals surface area contributed by atoms with Gasteiger partial charge in [0.25, 0.3) is 0 Å². The van der Waals surface area contributed by atoms with E-state index in [-0.39, 0.29) is 6.23 Å². The minimum absolute atomic E-state index is 0.0811. The molecule has 0 bridgehead atoms. The fourth-order valence-electron chi connectivity index (χ4n) is 0.790. The predicted molar refractivity (Wildman–Crippen MR) is 25.6 cm³/mol. The number of fused-ring (bicyclic) bond motifs is 1. The van der Waals surface area contributed by atoms with Crippen molar-refractivity contribution in [3.63, 3.8) is 0 Å². The van der Waals surface area contributed by atoms with E-state index in [9.17, 15) is 5.21 Å². The first-order valence-electron chi connectivity index (χ1n) is 2.57. The van der Waals surface area contributed by atoms with Gasteiger partial charge >= 0.3 is 0 Å². The van der Waals surface area contributed by atoms with Crippen LogP contribution in [0.4, 0.5) is 0 Å². The van der Waals surface area contributed by atoms with Gasteiger partial charge in [-0.25, -0.2) is 0 Å². The van der Waals surface area contributed by atoms with Crippen molar-refractivity contribution in [1.29, 1.82) is 0 Å². The summed E-state index contributed by atoms with van der Waals surface area (Å²) in [6, 6.07) is 0. The number of nitrogens with zero attached hydrogens (tertiary/aromatic N) is 3. The van der Waals surface area contributed by atoms with Crippen molar-refractivity contribution >= 4 is 0 Å². The maximum atomic E-state index is 10.5. The monoisotopic (exact) mass is 132 g/mol. The molecule has 2 saturated heterocycles. The lowest BCUT2D eigenvalue weighted by Crippen LogP contribution is -2.35. The van der Waals surface area contributed by atoms with Crippen LogP contribution in [-0.4, -0.2) is 35.5 Å². The molecule has 2 aliphatic heterocycles.